The first-order valence-corrected chi connectivity index (χ1v) is 4.85. The van der Waals surface area contributed by atoms with Crippen LogP contribution in [0.4, 0.5) is 0 Å². The van der Waals surface area contributed by atoms with E-state index >= 15 is 0 Å². The number of rotatable bonds is 3. The summed E-state index contributed by atoms with van der Waals surface area (Å²) in [4.78, 5) is 12.0. The monoisotopic (exact) mass is 195 g/mol. The largest absolute Gasteiger partial charge is 0.383 e. The Kier molecular flexibility index (Phi) is 2.35. The first-order valence-electron chi connectivity index (χ1n) is 4.08. The molecule has 0 saturated heterocycles. The number of hydrogen-bond acceptors (Lipinski definition) is 5. The van der Waals surface area contributed by atoms with Crippen LogP contribution in [0.25, 0.3) is 0 Å². The Labute approximate surface area is 79.8 Å². The summed E-state index contributed by atoms with van der Waals surface area (Å²) >= 11 is 1.37. The van der Waals surface area contributed by atoms with E-state index in [1.54, 1.807) is 12.3 Å². The van der Waals surface area contributed by atoms with Crippen molar-refractivity contribution in [2.45, 2.75) is 19.4 Å². The molecule has 0 radical (unpaired) electrons. The number of carbonyl (C=O) groups excluding carboxylic acids is 1. The first kappa shape index (κ1) is 8.37. The molecule has 13 heavy (non-hydrogen) atoms. The summed E-state index contributed by atoms with van der Waals surface area (Å²) in [6.07, 6.45) is 4.89. The fraction of sp³-hybridized carbons (Fsp3) is 0.375. The smallest absolute Gasteiger partial charge is 0.157 e. The number of hydrogen-bond donors (Lipinski definition) is 1. The highest BCUT2D eigenvalue weighted by atomic mass is 32.1. The summed E-state index contributed by atoms with van der Waals surface area (Å²) in [5.41, 5.74) is 1.03. The minimum absolute atomic E-state index is 0.213. The molecule has 0 unspecified atom stereocenters. The van der Waals surface area contributed by atoms with E-state index in [9.17, 15) is 4.79 Å². The second kappa shape index (κ2) is 3.66. The molecule has 0 aliphatic heterocycles. The zero-order chi connectivity index (χ0) is 9.10. The number of nitrogens with one attached hydrogen (secondary N) is 1. The second-order valence-electron chi connectivity index (χ2n) is 2.87. The van der Waals surface area contributed by atoms with Crippen molar-refractivity contribution in [3.05, 3.63) is 22.8 Å². The van der Waals surface area contributed by atoms with Crippen molar-refractivity contribution in [3.63, 3.8) is 0 Å². The molecule has 0 spiro atoms. The quantitative estimate of drug-likeness (QED) is 0.777. The van der Waals surface area contributed by atoms with E-state index in [2.05, 4.69) is 14.9 Å². The van der Waals surface area contributed by atoms with E-state index in [1.807, 2.05) is 0 Å². The molecule has 0 fully saturated rings. The van der Waals surface area contributed by atoms with E-state index in [4.69, 9.17) is 0 Å². The molecule has 5 heteroatoms. The highest BCUT2D eigenvalue weighted by Gasteiger charge is 2.11. The summed E-state index contributed by atoms with van der Waals surface area (Å²) in [5.74, 6) is 0.213. The Morgan fingerprint density at radius 2 is 2.46 bits per heavy atom. The number of carbonyl (C=O) groups is 1. The topological polar surface area (TPSA) is 54.9 Å². The van der Waals surface area contributed by atoms with Crippen molar-refractivity contribution >= 4 is 17.3 Å². The van der Waals surface area contributed by atoms with E-state index in [0.717, 1.165) is 23.5 Å². The van der Waals surface area contributed by atoms with Crippen molar-refractivity contribution in [1.29, 1.82) is 0 Å². The maximum atomic E-state index is 10.9. The lowest BCUT2D eigenvalue weighted by molar-refractivity contribution is -0.114. The third-order valence-corrected chi connectivity index (χ3v) is 2.53. The normalized spacial score (nSPS) is 16.0. The van der Waals surface area contributed by atoms with Crippen LogP contribution in [0.1, 0.15) is 17.7 Å². The van der Waals surface area contributed by atoms with Crippen LogP contribution in [-0.2, 0) is 11.3 Å². The molecule has 1 N–H and O–H groups in total. The lowest BCUT2D eigenvalue weighted by Crippen LogP contribution is -2.09. The SMILES string of the molecule is O=C1C=C(NCc2cnns2)CC1. The van der Waals surface area contributed by atoms with E-state index in [-0.39, 0.29) is 5.78 Å². The summed E-state index contributed by atoms with van der Waals surface area (Å²) in [6, 6.07) is 0. The summed E-state index contributed by atoms with van der Waals surface area (Å²) < 4.78 is 3.75. The van der Waals surface area contributed by atoms with Gasteiger partial charge in [-0.05, 0) is 18.0 Å². The molecule has 0 bridgehead atoms. The van der Waals surface area contributed by atoms with Gasteiger partial charge < -0.3 is 5.32 Å². The predicted octanol–water partition coefficient (Wildman–Crippen LogP) is 0.875. The van der Waals surface area contributed by atoms with Gasteiger partial charge in [0.1, 0.15) is 0 Å². The zero-order valence-corrected chi connectivity index (χ0v) is 7.80. The second-order valence-corrected chi connectivity index (χ2v) is 3.74. The third-order valence-electron chi connectivity index (χ3n) is 1.87. The molecule has 1 aliphatic carbocycles. The fourth-order valence-corrected chi connectivity index (χ4v) is 1.63. The van der Waals surface area contributed by atoms with Gasteiger partial charge in [0.05, 0.1) is 17.6 Å². The maximum absolute atomic E-state index is 10.9. The van der Waals surface area contributed by atoms with Gasteiger partial charge in [-0.1, -0.05) is 4.49 Å². The van der Waals surface area contributed by atoms with Crippen LogP contribution in [-0.4, -0.2) is 15.4 Å². The summed E-state index contributed by atoms with van der Waals surface area (Å²) in [6.45, 7) is 0.719. The Morgan fingerprint density at radius 3 is 3.08 bits per heavy atom. The maximum Gasteiger partial charge on any atom is 0.157 e. The van der Waals surface area contributed by atoms with E-state index in [0.29, 0.717) is 6.42 Å². The van der Waals surface area contributed by atoms with Gasteiger partial charge >= 0.3 is 0 Å². The Hall–Kier alpha value is -1.23. The molecule has 0 atom stereocenters. The molecule has 1 aromatic rings. The van der Waals surface area contributed by atoms with Crippen LogP contribution in [0.2, 0.25) is 0 Å². The van der Waals surface area contributed by atoms with Gasteiger partial charge in [0, 0.05) is 18.2 Å². The Balaban J connectivity index is 1.87. The lowest BCUT2D eigenvalue weighted by Gasteiger charge is -2.02. The van der Waals surface area contributed by atoms with E-state index in [1.165, 1.54) is 11.5 Å². The molecular weight excluding hydrogens is 186 g/mol. The number of allylic oxidation sites excluding steroid dienone is 2. The van der Waals surface area contributed by atoms with Gasteiger partial charge in [0.15, 0.2) is 5.78 Å². The highest BCUT2D eigenvalue weighted by molar-refractivity contribution is 7.05. The molecule has 0 saturated carbocycles. The minimum atomic E-state index is 0.213. The summed E-state index contributed by atoms with van der Waals surface area (Å²) in [7, 11) is 0. The molecule has 0 aromatic carbocycles. The van der Waals surface area contributed by atoms with E-state index < -0.39 is 0 Å². The molecule has 1 heterocycles. The molecule has 4 nitrogen and oxygen atoms in total. The highest BCUT2D eigenvalue weighted by Crippen LogP contribution is 2.12. The molecule has 68 valence electrons. The van der Waals surface area contributed by atoms with Crippen LogP contribution in [0, 0.1) is 0 Å². The molecular formula is C8H9N3OS. The standard InChI is InChI=1S/C8H9N3OS/c12-7-2-1-6(3-7)9-4-8-5-10-11-13-8/h3,5,9H,1-2,4H2. The van der Waals surface area contributed by atoms with Crippen molar-refractivity contribution in [2.75, 3.05) is 0 Å². The number of nitrogens with zero attached hydrogens (tertiary/aromatic N) is 2. The first-order chi connectivity index (χ1) is 6.34. The number of ketones is 1. The van der Waals surface area contributed by atoms with Crippen LogP contribution < -0.4 is 5.32 Å². The van der Waals surface area contributed by atoms with Crippen molar-refractivity contribution in [2.24, 2.45) is 0 Å². The van der Waals surface area contributed by atoms with Gasteiger partial charge in [-0.15, -0.1) is 5.10 Å². The van der Waals surface area contributed by atoms with Crippen molar-refractivity contribution in [1.82, 2.24) is 14.9 Å². The summed E-state index contributed by atoms with van der Waals surface area (Å²) in [5, 5.41) is 6.91. The molecule has 1 aliphatic rings. The third kappa shape index (κ3) is 2.12. The van der Waals surface area contributed by atoms with Crippen LogP contribution in [0.5, 0.6) is 0 Å². The van der Waals surface area contributed by atoms with Crippen molar-refractivity contribution < 1.29 is 4.79 Å². The average molecular weight is 195 g/mol. The zero-order valence-electron chi connectivity index (χ0n) is 6.99. The predicted molar refractivity (Wildman–Crippen MR) is 49.1 cm³/mol. The lowest BCUT2D eigenvalue weighted by atomic mass is 10.3. The van der Waals surface area contributed by atoms with Gasteiger partial charge in [-0.2, -0.15) is 0 Å². The van der Waals surface area contributed by atoms with Crippen LogP contribution >= 0.6 is 11.5 Å². The van der Waals surface area contributed by atoms with Gasteiger partial charge in [-0.3, -0.25) is 4.79 Å². The van der Waals surface area contributed by atoms with Gasteiger partial charge in [-0.25, -0.2) is 0 Å². The Morgan fingerprint density at radius 1 is 1.54 bits per heavy atom. The minimum Gasteiger partial charge on any atom is -0.383 e. The van der Waals surface area contributed by atoms with Crippen molar-refractivity contribution in [3.8, 4) is 0 Å². The van der Waals surface area contributed by atoms with Crippen LogP contribution in [0.15, 0.2) is 18.0 Å². The molecule has 1 aromatic heterocycles. The fourth-order valence-electron chi connectivity index (χ4n) is 1.20. The van der Waals surface area contributed by atoms with Gasteiger partial charge in [0.2, 0.25) is 0 Å². The average Bonchev–Trinajstić information content (AvgIpc) is 2.71. The Bertz CT molecular complexity index is 331. The molecule has 2 rings (SSSR count). The van der Waals surface area contributed by atoms with Crippen LogP contribution in [0.3, 0.4) is 0 Å². The number of aromatic nitrogens is 2. The molecule has 0 amide bonds. The van der Waals surface area contributed by atoms with Gasteiger partial charge in [0.25, 0.3) is 0 Å².